The lowest BCUT2D eigenvalue weighted by Crippen LogP contribution is -2.32. The molecule has 7 heteroatoms. The van der Waals surface area contributed by atoms with Gasteiger partial charge in [-0.2, -0.15) is 5.26 Å². The van der Waals surface area contributed by atoms with Crippen LogP contribution in [0.15, 0.2) is 11.4 Å². The van der Waals surface area contributed by atoms with E-state index in [9.17, 15) is 8.42 Å². The zero-order valence-corrected chi connectivity index (χ0v) is 12.1. The first-order valence-corrected chi connectivity index (χ1v) is 8.10. The third-order valence-electron chi connectivity index (χ3n) is 2.33. The Bertz CT molecular complexity index is 617. The van der Waals surface area contributed by atoms with Crippen LogP contribution in [0.2, 0.25) is 0 Å². The molecular formula is C12H15N3O2S2. The van der Waals surface area contributed by atoms with Crippen LogP contribution in [0.4, 0.5) is 0 Å². The molecule has 0 aliphatic heterocycles. The molecule has 0 aliphatic carbocycles. The second kappa shape index (κ2) is 7.27. The largest absolute Gasteiger partial charge is 0.320 e. The Morgan fingerprint density at radius 3 is 2.89 bits per heavy atom. The van der Waals surface area contributed by atoms with Crippen molar-refractivity contribution in [2.75, 3.05) is 6.54 Å². The average molecular weight is 297 g/mol. The van der Waals surface area contributed by atoms with Crippen molar-refractivity contribution < 1.29 is 8.42 Å². The predicted octanol–water partition coefficient (Wildman–Crippen LogP) is 0.780. The number of rotatable bonds is 5. The van der Waals surface area contributed by atoms with Crippen molar-refractivity contribution in [2.24, 2.45) is 5.73 Å². The van der Waals surface area contributed by atoms with Gasteiger partial charge in [0.1, 0.15) is 0 Å². The molecule has 0 aliphatic rings. The van der Waals surface area contributed by atoms with Crippen LogP contribution >= 0.6 is 11.3 Å². The fourth-order valence-corrected chi connectivity index (χ4v) is 3.33. The molecule has 0 bridgehead atoms. The minimum atomic E-state index is -3.59. The second-order valence-corrected chi connectivity index (χ2v) is 6.64. The highest BCUT2D eigenvalue weighted by Crippen LogP contribution is 2.14. The van der Waals surface area contributed by atoms with E-state index in [-0.39, 0.29) is 19.5 Å². The summed E-state index contributed by atoms with van der Waals surface area (Å²) in [5.41, 5.74) is 6.09. The lowest BCUT2D eigenvalue weighted by Gasteiger charge is -2.08. The molecule has 0 saturated carbocycles. The number of nitrogens with two attached hydrogens (primary N) is 1. The van der Waals surface area contributed by atoms with Crippen LogP contribution in [-0.4, -0.2) is 20.2 Å². The van der Waals surface area contributed by atoms with Crippen molar-refractivity contribution in [3.63, 3.8) is 0 Å². The summed E-state index contributed by atoms with van der Waals surface area (Å²) in [6.45, 7) is 2.13. The maximum Gasteiger partial charge on any atom is 0.228 e. The van der Waals surface area contributed by atoms with Gasteiger partial charge in [-0.3, -0.25) is 0 Å². The molecule has 0 saturated heterocycles. The Morgan fingerprint density at radius 1 is 1.58 bits per heavy atom. The van der Waals surface area contributed by atoms with Crippen LogP contribution in [0.1, 0.15) is 23.8 Å². The van der Waals surface area contributed by atoms with Crippen molar-refractivity contribution in [1.82, 2.24) is 4.72 Å². The van der Waals surface area contributed by atoms with Crippen molar-refractivity contribution >= 4 is 21.4 Å². The van der Waals surface area contributed by atoms with Crippen molar-refractivity contribution in [1.29, 1.82) is 5.26 Å². The summed E-state index contributed by atoms with van der Waals surface area (Å²) in [7, 11) is -3.59. The summed E-state index contributed by atoms with van der Waals surface area (Å²) in [6, 6.07) is 3.59. The van der Waals surface area contributed by atoms with Gasteiger partial charge in [-0.05, 0) is 12.5 Å². The number of nitrogens with one attached hydrogen (secondary N) is 1. The van der Waals surface area contributed by atoms with Crippen LogP contribution in [0.3, 0.4) is 0 Å². The van der Waals surface area contributed by atoms with Gasteiger partial charge in [-0.15, -0.1) is 11.3 Å². The van der Waals surface area contributed by atoms with Crippen molar-refractivity contribution in [3.8, 4) is 17.9 Å². The van der Waals surface area contributed by atoms with E-state index in [1.54, 1.807) is 13.0 Å². The highest BCUT2D eigenvalue weighted by atomic mass is 32.2. The number of nitriles is 1. The quantitative estimate of drug-likeness (QED) is 0.785. The highest BCUT2D eigenvalue weighted by molar-refractivity contribution is 7.90. The van der Waals surface area contributed by atoms with Crippen LogP contribution in [0.25, 0.3) is 0 Å². The zero-order valence-electron chi connectivity index (χ0n) is 10.5. The van der Waals surface area contributed by atoms with Gasteiger partial charge in [-0.25, -0.2) is 13.1 Å². The van der Waals surface area contributed by atoms with Gasteiger partial charge in [0, 0.05) is 22.4 Å². The van der Waals surface area contributed by atoms with Crippen LogP contribution in [-0.2, 0) is 16.6 Å². The maximum absolute atomic E-state index is 11.8. The average Bonchev–Trinajstić information content (AvgIpc) is 2.83. The minimum absolute atomic E-state index is 0.176. The van der Waals surface area contributed by atoms with Gasteiger partial charge < -0.3 is 5.73 Å². The normalized spacial score (nSPS) is 12.3. The van der Waals surface area contributed by atoms with E-state index in [0.29, 0.717) is 0 Å². The van der Waals surface area contributed by atoms with E-state index in [1.165, 1.54) is 11.3 Å². The molecule has 0 aromatic carbocycles. The molecule has 1 heterocycles. The first kappa shape index (κ1) is 15.7. The Kier molecular flexibility index (Phi) is 6.00. The third-order valence-corrected chi connectivity index (χ3v) is 5.00. The SMILES string of the molecule is CCC(C#N)S(=O)(=O)NCc1cc(C#CCN)cs1. The van der Waals surface area contributed by atoms with Gasteiger partial charge >= 0.3 is 0 Å². The molecular weight excluding hydrogens is 282 g/mol. The van der Waals surface area contributed by atoms with Gasteiger partial charge in [0.2, 0.25) is 10.0 Å². The molecule has 3 N–H and O–H groups in total. The number of hydrogen-bond acceptors (Lipinski definition) is 5. The lowest BCUT2D eigenvalue weighted by atomic mass is 10.3. The smallest absolute Gasteiger partial charge is 0.228 e. The minimum Gasteiger partial charge on any atom is -0.320 e. The van der Waals surface area contributed by atoms with Gasteiger partial charge in [0.15, 0.2) is 5.25 Å². The van der Waals surface area contributed by atoms with E-state index in [0.717, 1.165) is 10.4 Å². The molecule has 1 aromatic heterocycles. The van der Waals surface area contributed by atoms with E-state index in [1.807, 2.05) is 11.4 Å². The number of nitrogens with zero attached hydrogens (tertiary/aromatic N) is 1. The molecule has 1 rings (SSSR count). The zero-order chi connectivity index (χ0) is 14.3. The monoisotopic (exact) mass is 297 g/mol. The molecule has 0 spiro atoms. The molecule has 0 radical (unpaired) electrons. The molecule has 19 heavy (non-hydrogen) atoms. The van der Waals surface area contributed by atoms with Gasteiger partial charge in [0.05, 0.1) is 12.6 Å². The molecule has 5 nitrogen and oxygen atoms in total. The van der Waals surface area contributed by atoms with Crippen LogP contribution in [0.5, 0.6) is 0 Å². The van der Waals surface area contributed by atoms with E-state index < -0.39 is 15.3 Å². The molecule has 1 aromatic rings. The summed E-state index contributed by atoms with van der Waals surface area (Å²) in [5.74, 6) is 5.60. The van der Waals surface area contributed by atoms with E-state index in [2.05, 4.69) is 16.6 Å². The summed E-state index contributed by atoms with van der Waals surface area (Å²) in [4.78, 5) is 0.845. The van der Waals surface area contributed by atoms with Crippen LogP contribution in [0, 0.1) is 23.2 Å². The standard InChI is InChI=1S/C12H15N3O2S2/c1-2-12(7-14)19(16,17)15-8-11-6-10(9-18-11)4-3-5-13/h6,9,12,15H,2,5,8,13H2,1H3. The number of hydrogen-bond donors (Lipinski definition) is 2. The fourth-order valence-electron chi connectivity index (χ4n) is 1.34. The van der Waals surface area contributed by atoms with E-state index in [4.69, 9.17) is 11.0 Å². The number of sulfonamides is 1. The topological polar surface area (TPSA) is 96.0 Å². The Morgan fingerprint density at radius 2 is 2.32 bits per heavy atom. The first-order chi connectivity index (χ1) is 9.03. The van der Waals surface area contributed by atoms with Crippen molar-refractivity contribution in [2.45, 2.75) is 25.1 Å². The van der Waals surface area contributed by atoms with Gasteiger partial charge in [-0.1, -0.05) is 18.8 Å². The highest BCUT2D eigenvalue weighted by Gasteiger charge is 2.22. The number of thiophene rings is 1. The molecule has 0 fully saturated rings. The molecule has 1 unspecified atom stereocenters. The molecule has 102 valence electrons. The summed E-state index contributed by atoms with van der Waals surface area (Å²) in [6.07, 6.45) is 0.267. The van der Waals surface area contributed by atoms with Gasteiger partial charge in [0.25, 0.3) is 0 Å². The van der Waals surface area contributed by atoms with E-state index >= 15 is 0 Å². The summed E-state index contributed by atoms with van der Waals surface area (Å²) >= 11 is 1.41. The lowest BCUT2D eigenvalue weighted by molar-refractivity contribution is 0.573. The summed E-state index contributed by atoms with van der Waals surface area (Å²) < 4.78 is 26.0. The Balaban J connectivity index is 2.67. The van der Waals surface area contributed by atoms with Crippen LogP contribution < -0.4 is 10.5 Å². The summed E-state index contributed by atoms with van der Waals surface area (Å²) in [5, 5.41) is 9.59. The molecule has 1 atom stereocenters. The maximum atomic E-state index is 11.8. The van der Waals surface area contributed by atoms with Crippen molar-refractivity contribution in [3.05, 3.63) is 21.9 Å². The fraction of sp³-hybridized carbons (Fsp3) is 0.417. The third kappa shape index (κ3) is 4.66. The first-order valence-electron chi connectivity index (χ1n) is 5.68. The Hall–Kier alpha value is -1.38. The Labute approximate surface area is 117 Å². The molecule has 0 amide bonds. The predicted molar refractivity (Wildman–Crippen MR) is 75.7 cm³/mol. The second-order valence-electron chi connectivity index (χ2n) is 3.70.